The van der Waals surface area contributed by atoms with Gasteiger partial charge in [-0.15, -0.1) is 0 Å². The smallest absolute Gasteiger partial charge is 0.107 e. The van der Waals surface area contributed by atoms with Crippen LogP contribution in [0.3, 0.4) is 0 Å². The second-order valence-corrected chi connectivity index (χ2v) is 8.28. The molecule has 2 aromatic carbocycles. The SMILES string of the molecule is C=Cc1cc(C)cc(CC(OC(Cc2cc(C)cc(C=C)c2)C2CO2)C2CO2)c1. The van der Waals surface area contributed by atoms with E-state index in [1.807, 2.05) is 12.2 Å². The molecule has 4 atom stereocenters. The fourth-order valence-electron chi connectivity index (χ4n) is 4.02. The molecule has 0 aromatic heterocycles. The lowest BCUT2D eigenvalue weighted by molar-refractivity contribution is -0.0369. The van der Waals surface area contributed by atoms with Gasteiger partial charge in [0.15, 0.2) is 0 Å². The molecular formula is C26H30O3. The summed E-state index contributed by atoms with van der Waals surface area (Å²) in [5.74, 6) is 0. The van der Waals surface area contributed by atoms with E-state index in [2.05, 4.69) is 63.4 Å². The summed E-state index contributed by atoms with van der Waals surface area (Å²) in [5, 5.41) is 0. The lowest BCUT2D eigenvalue weighted by Crippen LogP contribution is -2.33. The number of hydrogen-bond donors (Lipinski definition) is 0. The Kier molecular flexibility index (Phi) is 6.00. The predicted molar refractivity (Wildman–Crippen MR) is 118 cm³/mol. The summed E-state index contributed by atoms with van der Waals surface area (Å²) in [6.45, 7) is 13.6. The lowest BCUT2D eigenvalue weighted by Gasteiger charge is -2.24. The third kappa shape index (κ3) is 5.45. The number of hydrogen-bond acceptors (Lipinski definition) is 3. The van der Waals surface area contributed by atoms with Crippen molar-refractivity contribution in [3.63, 3.8) is 0 Å². The number of benzene rings is 2. The molecule has 29 heavy (non-hydrogen) atoms. The monoisotopic (exact) mass is 390 g/mol. The van der Waals surface area contributed by atoms with Gasteiger partial charge in [0.1, 0.15) is 12.2 Å². The highest BCUT2D eigenvalue weighted by molar-refractivity contribution is 5.50. The van der Waals surface area contributed by atoms with E-state index in [0.717, 1.165) is 37.2 Å². The molecule has 3 heteroatoms. The molecule has 2 aromatic rings. The van der Waals surface area contributed by atoms with Gasteiger partial charge >= 0.3 is 0 Å². The zero-order valence-corrected chi connectivity index (χ0v) is 17.4. The molecule has 2 aliphatic rings. The minimum atomic E-state index is 0.0346. The highest BCUT2D eigenvalue weighted by atomic mass is 16.6. The fourth-order valence-corrected chi connectivity index (χ4v) is 4.02. The van der Waals surface area contributed by atoms with Crippen molar-refractivity contribution in [3.8, 4) is 0 Å². The lowest BCUT2D eigenvalue weighted by atomic mass is 9.98. The summed E-state index contributed by atoms with van der Waals surface area (Å²) >= 11 is 0. The molecule has 0 N–H and O–H groups in total. The zero-order valence-electron chi connectivity index (χ0n) is 17.4. The molecule has 2 heterocycles. The number of ether oxygens (including phenoxy) is 3. The van der Waals surface area contributed by atoms with Crippen molar-refractivity contribution < 1.29 is 14.2 Å². The van der Waals surface area contributed by atoms with Gasteiger partial charge in [0.2, 0.25) is 0 Å². The van der Waals surface area contributed by atoms with Gasteiger partial charge in [-0.05, 0) is 36.1 Å². The van der Waals surface area contributed by atoms with Crippen LogP contribution in [0.4, 0.5) is 0 Å². The predicted octanol–water partition coefficient (Wildman–Crippen LogP) is 4.93. The van der Waals surface area contributed by atoms with Gasteiger partial charge in [0.25, 0.3) is 0 Å². The average Bonchev–Trinajstić information content (AvgIpc) is 3.58. The maximum absolute atomic E-state index is 6.63. The third-order valence-electron chi connectivity index (χ3n) is 5.56. The van der Waals surface area contributed by atoms with Gasteiger partial charge in [-0.2, -0.15) is 0 Å². The molecule has 0 spiro atoms. The van der Waals surface area contributed by atoms with Gasteiger partial charge < -0.3 is 14.2 Å². The van der Waals surface area contributed by atoms with Crippen molar-refractivity contribution in [3.05, 3.63) is 82.9 Å². The van der Waals surface area contributed by atoms with Crippen LogP contribution in [-0.4, -0.2) is 37.6 Å². The Morgan fingerprint density at radius 2 is 1.24 bits per heavy atom. The first kappa shape index (κ1) is 20.1. The molecule has 4 rings (SSSR count). The molecule has 0 amide bonds. The molecule has 0 saturated carbocycles. The molecule has 0 bridgehead atoms. The van der Waals surface area contributed by atoms with Crippen molar-refractivity contribution in [2.75, 3.05) is 13.2 Å². The fraction of sp³-hybridized carbons (Fsp3) is 0.385. The number of rotatable bonds is 10. The van der Waals surface area contributed by atoms with Crippen LogP contribution in [0.2, 0.25) is 0 Å². The molecule has 2 saturated heterocycles. The Hall–Kier alpha value is -2.20. The standard InChI is InChI=1S/C26H30O3/c1-5-19-7-17(3)9-21(11-19)13-23(25-15-27-25)29-24(26-16-28-26)14-22-10-18(4)8-20(6-2)12-22/h5-12,23-26H,1-2,13-16H2,3-4H3. The normalized spacial score (nSPS) is 22.0. The van der Waals surface area contributed by atoms with Crippen molar-refractivity contribution in [1.82, 2.24) is 0 Å². The summed E-state index contributed by atoms with van der Waals surface area (Å²) < 4.78 is 17.9. The van der Waals surface area contributed by atoms with E-state index in [1.165, 1.54) is 22.3 Å². The van der Waals surface area contributed by atoms with Crippen LogP contribution in [0.5, 0.6) is 0 Å². The quantitative estimate of drug-likeness (QED) is 0.540. The Morgan fingerprint density at radius 1 is 0.828 bits per heavy atom. The van der Waals surface area contributed by atoms with Crippen molar-refractivity contribution in [2.45, 2.75) is 51.1 Å². The average molecular weight is 391 g/mol. The van der Waals surface area contributed by atoms with Crippen LogP contribution in [0, 0.1) is 13.8 Å². The summed E-state index contributed by atoms with van der Waals surface area (Å²) in [7, 11) is 0. The summed E-state index contributed by atoms with van der Waals surface area (Å²) in [6, 6.07) is 13.1. The largest absolute Gasteiger partial charge is 0.370 e. The maximum atomic E-state index is 6.63. The van der Waals surface area contributed by atoms with Gasteiger partial charge in [0, 0.05) is 12.8 Å². The van der Waals surface area contributed by atoms with Gasteiger partial charge in [-0.1, -0.05) is 72.8 Å². The molecule has 152 valence electrons. The van der Waals surface area contributed by atoms with Crippen LogP contribution in [0.25, 0.3) is 12.2 Å². The topological polar surface area (TPSA) is 34.3 Å². The Balaban J connectivity index is 1.50. The van der Waals surface area contributed by atoms with Crippen LogP contribution in [0.1, 0.15) is 33.4 Å². The van der Waals surface area contributed by atoms with E-state index in [0.29, 0.717) is 0 Å². The second kappa shape index (κ2) is 8.66. The van der Waals surface area contributed by atoms with Gasteiger partial charge in [-0.3, -0.25) is 0 Å². The highest BCUT2D eigenvalue weighted by Gasteiger charge is 2.40. The minimum Gasteiger partial charge on any atom is -0.370 e. The molecule has 0 radical (unpaired) electrons. The van der Waals surface area contributed by atoms with E-state index < -0.39 is 0 Å². The van der Waals surface area contributed by atoms with E-state index in [-0.39, 0.29) is 24.4 Å². The highest BCUT2D eigenvalue weighted by Crippen LogP contribution is 2.29. The number of epoxide rings is 2. The van der Waals surface area contributed by atoms with Crippen molar-refractivity contribution in [1.29, 1.82) is 0 Å². The minimum absolute atomic E-state index is 0.0346. The first-order valence-electron chi connectivity index (χ1n) is 10.4. The van der Waals surface area contributed by atoms with Crippen LogP contribution in [-0.2, 0) is 27.1 Å². The van der Waals surface area contributed by atoms with E-state index in [9.17, 15) is 0 Å². The molecule has 0 aliphatic carbocycles. The second-order valence-electron chi connectivity index (χ2n) is 8.28. The van der Waals surface area contributed by atoms with Crippen LogP contribution >= 0.6 is 0 Å². The van der Waals surface area contributed by atoms with Gasteiger partial charge in [-0.25, -0.2) is 0 Å². The Labute approximate surface area is 174 Å². The first-order valence-corrected chi connectivity index (χ1v) is 10.4. The molecule has 2 aliphatic heterocycles. The molecular weight excluding hydrogens is 360 g/mol. The molecule has 4 unspecified atom stereocenters. The van der Waals surface area contributed by atoms with E-state index in [4.69, 9.17) is 14.2 Å². The summed E-state index contributed by atoms with van der Waals surface area (Å²) in [5.41, 5.74) is 7.31. The summed E-state index contributed by atoms with van der Waals surface area (Å²) in [4.78, 5) is 0. The summed E-state index contributed by atoms with van der Waals surface area (Å²) in [6.07, 6.45) is 5.88. The third-order valence-corrected chi connectivity index (χ3v) is 5.56. The van der Waals surface area contributed by atoms with Crippen LogP contribution < -0.4 is 0 Å². The van der Waals surface area contributed by atoms with Crippen molar-refractivity contribution in [2.24, 2.45) is 0 Å². The Bertz CT molecular complexity index is 819. The zero-order chi connectivity index (χ0) is 20.4. The van der Waals surface area contributed by atoms with Crippen LogP contribution in [0.15, 0.2) is 49.6 Å². The van der Waals surface area contributed by atoms with E-state index >= 15 is 0 Å². The molecule has 2 fully saturated rings. The van der Waals surface area contributed by atoms with Crippen molar-refractivity contribution >= 4 is 12.2 Å². The number of aryl methyl sites for hydroxylation is 2. The molecule has 3 nitrogen and oxygen atoms in total. The maximum Gasteiger partial charge on any atom is 0.107 e. The first-order chi connectivity index (χ1) is 14.0. The Morgan fingerprint density at radius 3 is 1.59 bits per heavy atom. The van der Waals surface area contributed by atoms with E-state index in [1.54, 1.807) is 0 Å². The van der Waals surface area contributed by atoms with Gasteiger partial charge in [0.05, 0.1) is 25.4 Å².